The van der Waals surface area contributed by atoms with E-state index in [4.69, 9.17) is 4.74 Å². The lowest BCUT2D eigenvalue weighted by atomic mass is 10.1. The first-order valence-corrected chi connectivity index (χ1v) is 9.59. The lowest BCUT2D eigenvalue weighted by molar-refractivity contribution is -0.141. The molecule has 0 aromatic carbocycles. The zero-order valence-electron chi connectivity index (χ0n) is 18.6. The van der Waals surface area contributed by atoms with Crippen LogP contribution in [0.3, 0.4) is 0 Å². The molecule has 0 saturated heterocycles. The van der Waals surface area contributed by atoms with Crippen molar-refractivity contribution in [3.05, 3.63) is 30.0 Å². The maximum Gasteiger partial charge on any atom is 0.435 e. The predicted octanol–water partition coefficient (Wildman–Crippen LogP) is 3.89. The number of halogens is 3. The van der Waals surface area contributed by atoms with Crippen LogP contribution < -0.4 is 5.32 Å². The van der Waals surface area contributed by atoms with Crippen LogP contribution in [0.4, 0.5) is 18.0 Å². The normalized spacial score (nSPS) is 13.3. The number of carbonyl (C=O) groups excluding carboxylic acids is 1. The number of nitrogens with one attached hydrogen (secondary N) is 1. The van der Waals surface area contributed by atoms with Crippen molar-refractivity contribution >= 4 is 6.09 Å². The summed E-state index contributed by atoms with van der Waals surface area (Å²) in [5, 5.41) is 16.3. The van der Waals surface area contributed by atoms with Gasteiger partial charge in [0.2, 0.25) is 0 Å². The van der Waals surface area contributed by atoms with Crippen molar-refractivity contribution in [2.75, 3.05) is 0 Å². The van der Waals surface area contributed by atoms with Gasteiger partial charge in [0.1, 0.15) is 11.2 Å². The van der Waals surface area contributed by atoms with E-state index >= 15 is 0 Å². The van der Waals surface area contributed by atoms with Crippen molar-refractivity contribution in [3.63, 3.8) is 0 Å². The van der Waals surface area contributed by atoms with E-state index in [-0.39, 0.29) is 23.6 Å². The van der Waals surface area contributed by atoms with Crippen LogP contribution in [-0.4, -0.2) is 42.1 Å². The van der Waals surface area contributed by atoms with Crippen LogP contribution in [0.25, 0.3) is 11.3 Å². The average Bonchev–Trinajstić information content (AvgIpc) is 2.94. The molecule has 2 rings (SSSR count). The molecule has 2 heterocycles. The van der Waals surface area contributed by atoms with Gasteiger partial charge in [-0.2, -0.15) is 18.3 Å². The Morgan fingerprint density at radius 3 is 2.10 bits per heavy atom. The molecular formula is C20H28F3N5O3. The molecule has 0 saturated carbocycles. The Balaban J connectivity index is 2.38. The van der Waals surface area contributed by atoms with E-state index < -0.39 is 34.7 Å². The molecule has 31 heavy (non-hydrogen) atoms. The number of aromatic nitrogens is 4. The third-order valence-electron chi connectivity index (χ3n) is 3.95. The lowest BCUT2D eigenvalue weighted by Gasteiger charge is -2.29. The van der Waals surface area contributed by atoms with Crippen molar-refractivity contribution in [2.45, 2.75) is 77.9 Å². The van der Waals surface area contributed by atoms with Crippen molar-refractivity contribution in [3.8, 4) is 11.3 Å². The molecule has 0 fully saturated rings. The number of hydrogen-bond acceptors (Lipinski definition) is 6. The number of alkyl carbamates (subject to hydrolysis) is 1. The monoisotopic (exact) mass is 443 g/mol. The molecule has 1 amide bonds. The third-order valence-corrected chi connectivity index (χ3v) is 3.95. The molecule has 0 unspecified atom stereocenters. The Labute approximate surface area is 178 Å². The number of aliphatic hydroxyl groups is 1. The van der Waals surface area contributed by atoms with Crippen molar-refractivity contribution in [1.82, 2.24) is 25.1 Å². The van der Waals surface area contributed by atoms with Gasteiger partial charge in [0.05, 0.1) is 17.8 Å². The summed E-state index contributed by atoms with van der Waals surface area (Å²) in [6.45, 7) is 11.3. The number of alkyl halides is 3. The highest BCUT2D eigenvalue weighted by atomic mass is 19.4. The highest BCUT2D eigenvalue weighted by Gasteiger charge is 2.36. The second-order valence-corrected chi connectivity index (χ2v) is 9.44. The van der Waals surface area contributed by atoms with Gasteiger partial charge >= 0.3 is 12.3 Å². The molecule has 0 atom stereocenters. The Morgan fingerprint density at radius 2 is 1.65 bits per heavy atom. The topological polar surface area (TPSA) is 102 Å². The maximum absolute atomic E-state index is 13.3. The van der Waals surface area contributed by atoms with Crippen LogP contribution in [0.5, 0.6) is 0 Å². The number of ether oxygens (including phenoxy) is 1. The van der Waals surface area contributed by atoms with Crippen LogP contribution in [0, 0.1) is 0 Å². The smallest absolute Gasteiger partial charge is 0.435 e. The number of rotatable bonds is 5. The fourth-order valence-electron chi connectivity index (χ4n) is 2.68. The van der Waals surface area contributed by atoms with Crippen molar-refractivity contribution in [2.24, 2.45) is 0 Å². The summed E-state index contributed by atoms with van der Waals surface area (Å²) in [4.78, 5) is 20.2. The van der Waals surface area contributed by atoms with Crippen LogP contribution in [0.1, 0.15) is 60.0 Å². The van der Waals surface area contributed by atoms with Gasteiger partial charge in [0.15, 0.2) is 11.5 Å². The molecule has 0 aliphatic heterocycles. The third kappa shape index (κ3) is 6.91. The molecule has 0 bridgehead atoms. The molecule has 0 radical (unpaired) electrons. The Bertz CT molecular complexity index is 924. The van der Waals surface area contributed by atoms with E-state index in [0.29, 0.717) is 0 Å². The second kappa shape index (κ2) is 8.10. The predicted molar refractivity (Wildman–Crippen MR) is 107 cm³/mol. The molecule has 2 N–H and O–H groups in total. The van der Waals surface area contributed by atoms with Gasteiger partial charge in [0, 0.05) is 18.0 Å². The van der Waals surface area contributed by atoms with Gasteiger partial charge in [-0.15, -0.1) is 0 Å². The first-order valence-electron chi connectivity index (χ1n) is 9.59. The molecule has 0 spiro atoms. The van der Waals surface area contributed by atoms with Gasteiger partial charge < -0.3 is 15.2 Å². The zero-order valence-corrected chi connectivity index (χ0v) is 18.6. The minimum Gasteiger partial charge on any atom is -0.444 e. The highest BCUT2D eigenvalue weighted by Crippen LogP contribution is 2.32. The molecule has 2 aromatic heterocycles. The summed E-state index contributed by atoms with van der Waals surface area (Å²) in [5.41, 5.74) is -3.69. The molecule has 0 aliphatic rings. The Morgan fingerprint density at radius 1 is 1.10 bits per heavy atom. The summed E-state index contributed by atoms with van der Waals surface area (Å²) < 4.78 is 46.3. The summed E-state index contributed by atoms with van der Waals surface area (Å²) in [6, 6.07) is 0.895. The van der Waals surface area contributed by atoms with E-state index in [1.807, 2.05) is 0 Å². The summed E-state index contributed by atoms with van der Waals surface area (Å²) >= 11 is 0. The van der Waals surface area contributed by atoms with Crippen LogP contribution in [-0.2, 0) is 23.1 Å². The average molecular weight is 443 g/mol. The van der Waals surface area contributed by atoms with Crippen molar-refractivity contribution < 1.29 is 27.8 Å². The van der Waals surface area contributed by atoms with Crippen molar-refractivity contribution in [1.29, 1.82) is 0 Å². The molecule has 11 heteroatoms. The van der Waals surface area contributed by atoms with Gasteiger partial charge in [0.25, 0.3) is 0 Å². The first-order chi connectivity index (χ1) is 13.9. The van der Waals surface area contributed by atoms with Crippen LogP contribution in [0.2, 0.25) is 0 Å². The number of amides is 1. The maximum atomic E-state index is 13.3. The second-order valence-electron chi connectivity index (χ2n) is 9.44. The van der Waals surface area contributed by atoms with Crippen LogP contribution in [0.15, 0.2) is 18.5 Å². The molecule has 172 valence electrons. The van der Waals surface area contributed by atoms with E-state index in [0.717, 1.165) is 10.7 Å². The summed E-state index contributed by atoms with van der Waals surface area (Å²) in [7, 11) is 0. The number of nitrogens with zero attached hydrogens (tertiary/aromatic N) is 4. The van der Waals surface area contributed by atoms with Gasteiger partial charge in [-0.1, -0.05) is 0 Å². The van der Waals surface area contributed by atoms with E-state index in [1.165, 1.54) is 26.2 Å². The van der Waals surface area contributed by atoms with E-state index in [1.54, 1.807) is 34.6 Å². The largest absolute Gasteiger partial charge is 0.444 e. The fraction of sp³-hybridized carbons (Fsp3) is 0.600. The molecule has 2 aromatic rings. The number of carbonyl (C=O) groups is 1. The van der Waals surface area contributed by atoms with Gasteiger partial charge in [-0.05, 0) is 54.5 Å². The molecule has 0 aliphatic carbocycles. The van der Waals surface area contributed by atoms with Gasteiger partial charge in [-0.25, -0.2) is 14.8 Å². The molecular weight excluding hydrogens is 415 g/mol. The molecule has 8 nitrogen and oxygen atoms in total. The van der Waals surface area contributed by atoms with Gasteiger partial charge in [-0.3, -0.25) is 4.68 Å². The number of hydrogen-bond donors (Lipinski definition) is 2. The highest BCUT2D eigenvalue weighted by molar-refractivity contribution is 5.68. The summed E-state index contributed by atoms with van der Waals surface area (Å²) in [5.74, 6) is 0.130. The minimum absolute atomic E-state index is 0.0785. The summed E-state index contributed by atoms with van der Waals surface area (Å²) in [6.07, 6.45) is -2.71. The SMILES string of the molecule is CC(C)(Cn1nc(C(F)(F)F)cc1-c1cnc(C(C)(C)O)nc1)NC(=O)OC(C)(C)C. The lowest BCUT2D eigenvalue weighted by Crippen LogP contribution is -2.48. The minimum atomic E-state index is -4.66. The fourth-order valence-corrected chi connectivity index (χ4v) is 2.68. The first kappa shape index (κ1) is 24.6. The Kier molecular flexibility index (Phi) is 6.42. The van der Waals surface area contributed by atoms with Crippen LogP contribution >= 0.6 is 0 Å². The Hall–Kier alpha value is -2.69. The van der Waals surface area contributed by atoms with E-state index in [2.05, 4.69) is 20.4 Å². The van der Waals surface area contributed by atoms with E-state index in [9.17, 15) is 23.1 Å². The standard InChI is InChI=1S/C20H28F3N5O3/c1-17(2,3)31-16(29)26-18(4,5)11-28-13(8-14(27-28)20(21,22)23)12-9-24-15(25-10-12)19(6,7)30/h8-10,30H,11H2,1-7H3,(H,26,29). The zero-order chi connectivity index (χ0) is 23.8. The quantitative estimate of drug-likeness (QED) is 0.727.